The van der Waals surface area contributed by atoms with Crippen molar-refractivity contribution in [3.63, 3.8) is 0 Å². The van der Waals surface area contributed by atoms with Gasteiger partial charge < -0.3 is 13.6 Å². The summed E-state index contributed by atoms with van der Waals surface area (Å²) < 4.78 is 16.5. The Balaban J connectivity index is 1.50. The number of carbonyl (C=O) groups is 1. The van der Waals surface area contributed by atoms with Crippen LogP contribution in [0.3, 0.4) is 0 Å². The van der Waals surface area contributed by atoms with Crippen LogP contribution >= 0.6 is 0 Å². The van der Waals surface area contributed by atoms with Crippen molar-refractivity contribution in [3.05, 3.63) is 66.2 Å². The Kier molecular flexibility index (Phi) is 4.40. The molecule has 1 amide bonds. The normalized spacial score (nSPS) is 11.1. The first-order valence-corrected chi connectivity index (χ1v) is 8.17. The second-order valence-corrected chi connectivity index (χ2v) is 5.63. The number of furan rings is 1. The number of amides is 1. The number of carbonyl (C=O) groups excluding carboxylic acids is 1. The highest BCUT2D eigenvalue weighted by Gasteiger charge is 2.16. The summed E-state index contributed by atoms with van der Waals surface area (Å²) in [5, 5.41) is 11.1. The molecule has 2 heterocycles. The van der Waals surface area contributed by atoms with Crippen LogP contribution in [-0.2, 0) is 4.79 Å². The van der Waals surface area contributed by atoms with Gasteiger partial charge in [-0.25, -0.2) is 0 Å². The molecular formula is C20H15N3O4. The molecule has 0 bridgehead atoms. The Morgan fingerprint density at radius 1 is 1.07 bits per heavy atom. The van der Waals surface area contributed by atoms with Crippen LogP contribution in [0.2, 0.25) is 0 Å². The number of benzene rings is 2. The Morgan fingerprint density at radius 3 is 2.74 bits per heavy atom. The van der Waals surface area contributed by atoms with Gasteiger partial charge in [0.25, 0.3) is 11.8 Å². The van der Waals surface area contributed by atoms with Crippen LogP contribution in [0.5, 0.6) is 5.75 Å². The fraction of sp³-hybridized carbons (Fsp3) is 0.0500. The van der Waals surface area contributed by atoms with E-state index in [1.54, 1.807) is 25.3 Å². The lowest BCUT2D eigenvalue weighted by atomic mass is 10.2. The zero-order valence-corrected chi connectivity index (χ0v) is 14.4. The predicted octanol–water partition coefficient (Wildman–Crippen LogP) is 4.14. The maximum absolute atomic E-state index is 12.0. The zero-order valence-electron chi connectivity index (χ0n) is 14.4. The summed E-state index contributed by atoms with van der Waals surface area (Å²) in [4.78, 5) is 12.0. The second kappa shape index (κ2) is 7.17. The van der Waals surface area contributed by atoms with Crippen molar-refractivity contribution in [3.8, 4) is 17.4 Å². The summed E-state index contributed by atoms with van der Waals surface area (Å²) in [5.41, 5.74) is 1.50. The molecular weight excluding hydrogens is 346 g/mol. The van der Waals surface area contributed by atoms with Gasteiger partial charge in [-0.3, -0.25) is 10.1 Å². The quantitative estimate of drug-likeness (QED) is 0.537. The molecule has 0 atom stereocenters. The van der Waals surface area contributed by atoms with E-state index < -0.39 is 0 Å². The van der Waals surface area contributed by atoms with Gasteiger partial charge in [0.15, 0.2) is 17.1 Å². The minimum Gasteiger partial charge on any atom is -0.493 e. The summed E-state index contributed by atoms with van der Waals surface area (Å²) in [6, 6.07) is 16.8. The Bertz CT molecular complexity index is 1110. The molecule has 0 aliphatic carbocycles. The molecule has 0 spiro atoms. The van der Waals surface area contributed by atoms with Gasteiger partial charge in [0.1, 0.15) is 0 Å². The highest BCUT2D eigenvalue weighted by Crippen LogP contribution is 2.33. The number of nitrogens with zero attached hydrogens (tertiary/aromatic N) is 2. The maximum atomic E-state index is 12.0. The molecule has 0 saturated carbocycles. The highest BCUT2D eigenvalue weighted by molar-refractivity contribution is 6.00. The smallest absolute Gasteiger partial charge is 0.322 e. The van der Waals surface area contributed by atoms with E-state index in [4.69, 9.17) is 13.6 Å². The number of para-hydroxylation sites is 1. The lowest BCUT2D eigenvalue weighted by Crippen LogP contribution is -2.07. The molecule has 134 valence electrons. The van der Waals surface area contributed by atoms with Gasteiger partial charge in [0, 0.05) is 11.5 Å². The van der Waals surface area contributed by atoms with E-state index in [2.05, 4.69) is 15.5 Å². The number of anilines is 1. The van der Waals surface area contributed by atoms with Crippen LogP contribution in [0.1, 0.15) is 5.56 Å². The van der Waals surface area contributed by atoms with Gasteiger partial charge in [0.05, 0.1) is 7.11 Å². The van der Waals surface area contributed by atoms with Crippen molar-refractivity contribution in [2.24, 2.45) is 0 Å². The molecule has 0 unspecified atom stereocenters. The Morgan fingerprint density at radius 2 is 1.93 bits per heavy atom. The molecule has 4 aromatic rings. The van der Waals surface area contributed by atoms with Gasteiger partial charge in [-0.05, 0) is 23.8 Å². The molecule has 0 aliphatic heterocycles. The molecule has 1 N–H and O–H groups in total. The molecule has 27 heavy (non-hydrogen) atoms. The summed E-state index contributed by atoms with van der Waals surface area (Å²) >= 11 is 0. The Labute approximate surface area is 154 Å². The van der Waals surface area contributed by atoms with Crippen LogP contribution in [0.25, 0.3) is 28.7 Å². The fourth-order valence-electron chi connectivity index (χ4n) is 2.56. The SMILES string of the molecule is COc1cccc2cc(-c3nnc(NC(=O)/C=C/c4ccccc4)o3)oc12. The van der Waals surface area contributed by atoms with Crippen LogP contribution in [0.15, 0.2) is 69.5 Å². The van der Waals surface area contributed by atoms with E-state index in [-0.39, 0.29) is 17.8 Å². The van der Waals surface area contributed by atoms with Crippen molar-refractivity contribution < 1.29 is 18.4 Å². The van der Waals surface area contributed by atoms with Crippen LogP contribution in [0, 0.1) is 0 Å². The zero-order chi connectivity index (χ0) is 18.6. The van der Waals surface area contributed by atoms with Crippen molar-refractivity contribution in [1.29, 1.82) is 0 Å². The Hall–Kier alpha value is -3.87. The molecule has 0 saturated heterocycles. The van der Waals surface area contributed by atoms with E-state index in [1.165, 1.54) is 6.08 Å². The molecule has 0 fully saturated rings. The van der Waals surface area contributed by atoms with E-state index in [0.29, 0.717) is 17.1 Å². The number of rotatable bonds is 5. The fourth-order valence-corrected chi connectivity index (χ4v) is 2.56. The largest absolute Gasteiger partial charge is 0.493 e. The van der Waals surface area contributed by atoms with Crippen molar-refractivity contribution in [2.45, 2.75) is 0 Å². The van der Waals surface area contributed by atoms with Crippen LogP contribution in [0.4, 0.5) is 6.01 Å². The highest BCUT2D eigenvalue weighted by atomic mass is 16.5. The third-order valence-corrected chi connectivity index (χ3v) is 3.82. The number of methoxy groups -OCH3 is 1. The number of hydrogen-bond acceptors (Lipinski definition) is 6. The number of nitrogens with one attached hydrogen (secondary N) is 1. The van der Waals surface area contributed by atoms with Gasteiger partial charge >= 0.3 is 6.01 Å². The first kappa shape index (κ1) is 16.6. The second-order valence-electron chi connectivity index (χ2n) is 5.63. The number of ether oxygens (including phenoxy) is 1. The van der Waals surface area contributed by atoms with Gasteiger partial charge in [-0.1, -0.05) is 47.6 Å². The van der Waals surface area contributed by atoms with Gasteiger partial charge in [-0.15, -0.1) is 5.10 Å². The molecule has 2 aromatic carbocycles. The van der Waals surface area contributed by atoms with E-state index in [9.17, 15) is 4.79 Å². The number of fused-ring (bicyclic) bond motifs is 1. The summed E-state index contributed by atoms with van der Waals surface area (Å²) in [6.45, 7) is 0. The minimum atomic E-state index is -0.375. The molecule has 0 aliphatic rings. The molecule has 7 heteroatoms. The first-order chi connectivity index (χ1) is 13.2. The summed E-state index contributed by atoms with van der Waals surface area (Å²) in [7, 11) is 1.57. The monoisotopic (exact) mass is 361 g/mol. The molecule has 2 aromatic heterocycles. The number of aromatic nitrogens is 2. The maximum Gasteiger partial charge on any atom is 0.322 e. The van der Waals surface area contributed by atoms with Crippen LogP contribution in [-0.4, -0.2) is 23.2 Å². The standard InChI is InChI=1S/C20H15N3O4/c1-25-15-9-5-8-14-12-16(26-18(14)15)19-22-23-20(27-19)21-17(24)11-10-13-6-3-2-4-7-13/h2-12H,1H3,(H,21,23,24)/b11-10+. The minimum absolute atomic E-state index is 0.0138. The van der Waals surface area contributed by atoms with E-state index in [0.717, 1.165) is 10.9 Å². The summed E-state index contributed by atoms with van der Waals surface area (Å²) in [6.07, 6.45) is 3.09. The third-order valence-electron chi connectivity index (χ3n) is 3.82. The predicted molar refractivity (Wildman–Crippen MR) is 100 cm³/mol. The van der Waals surface area contributed by atoms with Crippen molar-refractivity contribution >= 4 is 29.0 Å². The topological polar surface area (TPSA) is 90.4 Å². The lowest BCUT2D eigenvalue weighted by Gasteiger charge is -1.98. The average molecular weight is 361 g/mol. The van der Waals surface area contributed by atoms with Crippen LogP contribution < -0.4 is 10.1 Å². The summed E-state index contributed by atoms with van der Waals surface area (Å²) in [5.74, 6) is 0.788. The first-order valence-electron chi connectivity index (χ1n) is 8.17. The van der Waals surface area contributed by atoms with Gasteiger partial charge in [0.2, 0.25) is 0 Å². The lowest BCUT2D eigenvalue weighted by molar-refractivity contribution is -0.112. The molecule has 7 nitrogen and oxygen atoms in total. The van der Waals surface area contributed by atoms with Crippen molar-refractivity contribution in [2.75, 3.05) is 12.4 Å². The van der Waals surface area contributed by atoms with Gasteiger partial charge in [-0.2, -0.15) is 0 Å². The molecule has 0 radical (unpaired) electrons. The molecule has 4 rings (SSSR count). The van der Waals surface area contributed by atoms with Crippen molar-refractivity contribution in [1.82, 2.24) is 10.2 Å². The van der Waals surface area contributed by atoms with E-state index in [1.807, 2.05) is 42.5 Å². The van der Waals surface area contributed by atoms with E-state index >= 15 is 0 Å². The third kappa shape index (κ3) is 3.57. The average Bonchev–Trinajstić information content (AvgIpc) is 3.33. The number of hydrogen-bond donors (Lipinski definition) is 1.